The Labute approximate surface area is 130 Å². The van der Waals surface area contributed by atoms with Gasteiger partial charge in [0.25, 0.3) is 0 Å². The quantitative estimate of drug-likeness (QED) is 0.725. The van der Waals surface area contributed by atoms with Crippen LogP contribution >= 0.6 is 6.72 Å². The molecule has 3 fully saturated rings. The van der Waals surface area contributed by atoms with Crippen LogP contribution in [-0.2, 0) is 25.8 Å². The zero-order valence-electron chi connectivity index (χ0n) is 11.9. The molecule has 2 unspecified atom stereocenters. The molecule has 0 spiro atoms. The van der Waals surface area contributed by atoms with Crippen LogP contribution in [-0.4, -0.2) is 43.3 Å². The van der Waals surface area contributed by atoms with Crippen LogP contribution in [0.25, 0.3) is 0 Å². The predicted molar refractivity (Wildman–Crippen MR) is 77.5 cm³/mol. The topological polar surface area (TPSA) is 103 Å². The van der Waals surface area contributed by atoms with Crippen LogP contribution in [0.15, 0.2) is 17.1 Å². The highest BCUT2D eigenvalue weighted by Crippen LogP contribution is 2.77. The standard InChI is InChI=1S/C12H15N2O6PS/c1-6-3-4-14(10(15)13-6)9-7-8-11(2,19-7)12(8,20-9)5-18-21(16,17)22/h3-4,7-9H,5H2,1-2H3,(H2,16,17,22)/t7?,8-,9?,11-,12-/m0/s1. The molecule has 0 bridgehead atoms. The van der Waals surface area contributed by atoms with Gasteiger partial charge in [-0.1, -0.05) is 0 Å². The van der Waals surface area contributed by atoms with Crippen molar-refractivity contribution in [1.29, 1.82) is 0 Å². The monoisotopic (exact) mass is 346 g/mol. The summed E-state index contributed by atoms with van der Waals surface area (Å²) < 4.78 is 18.2. The number of aryl methyl sites for hydroxylation is 1. The van der Waals surface area contributed by atoms with Crippen LogP contribution in [0.4, 0.5) is 0 Å². The molecule has 120 valence electrons. The zero-order chi connectivity index (χ0) is 15.9. The average Bonchev–Trinajstić information content (AvgIpc) is 2.65. The maximum absolute atomic E-state index is 12.0. The summed E-state index contributed by atoms with van der Waals surface area (Å²) in [7, 11) is 0. The fraction of sp³-hybridized carbons (Fsp3) is 0.667. The van der Waals surface area contributed by atoms with Gasteiger partial charge in [-0.3, -0.25) is 4.57 Å². The molecular formula is C12H15N2O6PS. The number of hydrogen-bond acceptors (Lipinski definition) is 6. The van der Waals surface area contributed by atoms with Crippen molar-refractivity contribution in [2.45, 2.75) is 37.4 Å². The molecule has 10 heteroatoms. The molecule has 4 rings (SSSR count). The molecule has 2 aliphatic heterocycles. The number of hydrogen-bond donors (Lipinski definition) is 2. The van der Waals surface area contributed by atoms with Crippen LogP contribution in [0, 0.1) is 12.8 Å². The van der Waals surface area contributed by atoms with Crippen molar-refractivity contribution >= 4 is 18.5 Å². The molecule has 3 heterocycles. The summed E-state index contributed by atoms with van der Waals surface area (Å²) in [6, 6.07) is 1.72. The first kappa shape index (κ1) is 14.9. The Balaban J connectivity index is 1.61. The van der Waals surface area contributed by atoms with E-state index in [1.54, 1.807) is 19.2 Å². The van der Waals surface area contributed by atoms with Crippen molar-refractivity contribution < 1.29 is 23.8 Å². The number of aromatic nitrogens is 2. The molecule has 0 aromatic carbocycles. The van der Waals surface area contributed by atoms with Gasteiger partial charge >= 0.3 is 12.4 Å². The highest BCUT2D eigenvalue weighted by molar-refractivity contribution is 8.06. The third kappa shape index (κ3) is 1.78. The largest absolute Gasteiger partial charge is 0.363 e. The highest BCUT2D eigenvalue weighted by Gasteiger charge is 2.92. The third-order valence-corrected chi connectivity index (χ3v) is 5.65. The predicted octanol–water partition coefficient (Wildman–Crippen LogP) is -0.168. The maximum atomic E-state index is 12.0. The second-order valence-corrected chi connectivity index (χ2v) is 8.75. The van der Waals surface area contributed by atoms with E-state index in [1.807, 2.05) is 6.92 Å². The summed E-state index contributed by atoms with van der Waals surface area (Å²) in [5, 5.41) is 0. The first-order chi connectivity index (χ1) is 10.2. The molecule has 3 aliphatic rings. The number of nitrogens with zero attached hydrogens (tertiary/aromatic N) is 2. The fourth-order valence-corrected chi connectivity index (χ4v) is 4.26. The lowest BCUT2D eigenvalue weighted by Crippen LogP contribution is -2.50. The van der Waals surface area contributed by atoms with Gasteiger partial charge in [-0.15, -0.1) is 0 Å². The molecule has 1 saturated carbocycles. The van der Waals surface area contributed by atoms with E-state index in [4.69, 9.17) is 14.0 Å². The Bertz CT molecular complexity index is 764. The number of rotatable bonds is 4. The van der Waals surface area contributed by atoms with Crippen molar-refractivity contribution in [1.82, 2.24) is 9.55 Å². The minimum atomic E-state index is -3.76. The number of ether oxygens (including phenoxy) is 2. The number of fused-ring (bicyclic) bond motifs is 1. The van der Waals surface area contributed by atoms with E-state index >= 15 is 0 Å². The van der Waals surface area contributed by atoms with Crippen LogP contribution in [0.5, 0.6) is 0 Å². The molecule has 0 radical (unpaired) electrons. The Morgan fingerprint density at radius 2 is 2.27 bits per heavy atom. The molecule has 8 nitrogen and oxygen atoms in total. The van der Waals surface area contributed by atoms with Gasteiger partial charge in [0.1, 0.15) is 17.3 Å². The molecule has 5 atom stereocenters. The van der Waals surface area contributed by atoms with Gasteiger partial charge in [-0.2, -0.15) is 4.98 Å². The lowest BCUT2D eigenvalue weighted by molar-refractivity contribution is -0.252. The SMILES string of the molecule is Cc1ccn(C2O[C@@]3(COP(O)(O)=S)[C@H]4C2O[C@@]43C)c(=O)n1. The van der Waals surface area contributed by atoms with E-state index in [1.165, 1.54) is 4.57 Å². The van der Waals surface area contributed by atoms with Gasteiger partial charge in [-0.25, -0.2) is 4.79 Å². The second kappa shape index (κ2) is 4.24. The average molecular weight is 346 g/mol. The van der Waals surface area contributed by atoms with Crippen LogP contribution in [0.1, 0.15) is 18.8 Å². The summed E-state index contributed by atoms with van der Waals surface area (Å²) in [6.07, 6.45) is 0.758. The molecule has 2 saturated heterocycles. The summed E-state index contributed by atoms with van der Waals surface area (Å²) in [6.45, 7) is -0.219. The van der Waals surface area contributed by atoms with Crippen molar-refractivity contribution in [2.75, 3.05) is 6.61 Å². The first-order valence-electron chi connectivity index (χ1n) is 6.79. The smallest absolute Gasteiger partial charge is 0.349 e. The van der Waals surface area contributed by atoms with Gasteiger partial charge in [0, 0.05) is 11.9 Å². The Morgan fingerprint density at radius 3 is 2.91 bits per heavy atom. The molecule has 1 aliphatic carbocycles. The Hall–Kier alpha value is -0.670. The molecular weight excluding hydrogens is 331 g/mol. The normalized spacial score (nSPS) is 41.9. The molecule has 0 amide bonds. The van der Waals surface area contributed by atoms with Gasteiger partial charge in [0.15, 0.2) is 6.23 Å². The van der Waals surface area contributed by atoms with Crippen molar-refractivity contribution in [3.63, 3.8) is 0 Å². The lowest BCUT2D eigenvalue weighted by atomic mass is 10.1. The summed E-state index contributed by atoms with van der Waals surface area (Å²) in [5.74, 6) is 0.0414. The van der Waals surface area contributed by atoms with E-state index in [0.29, 0.717) is 5.69 Å². The van der Waals surface area contributed by atoms with Crippen molar-refractivity contribution in [2.24, 2.45) is 5.92 Å². The summed E-state index contributed by atoms with van der Waals surface area (Å²) in [4.78, 5) is 34.4. The van der Waals surface area contributed by atoms with Gasteiger partial charge in [0.2, 0.25) is 0 Å². The lowest BCUT2D eigenvalue weighted by Gasteiger charge is -2.40. The van der Waals surface area contributed by atoms with E-state index in [2.05, 4.69) is 16.8 Å². The van der Waals surface area contributed by atoms with Crippen LogP contribution < -0.4 is 5.69 Å². The minimum absolute atomic E-state index is 0.0414. The van der Waals surface area contributed by atoms with Gasteiger partial charge < -0.3 is 23.8 Å². The second-order valence-electron chi connectivity index (χ2n) is 6.09. The van der Waals surface area contributed by atoms with E-state index in [9.17, 15) is 14.6 Å². The summed E-state index contributed by atoms with van der Waals surface area (Å²) >= 11 is 4.47. The Morgan fingerprint density at radius 1 is 1.55 bits per heavy atom. The summed E-state index contributed by atoms with van der Waals surface area (Å²) in [5.41, 5.74) is -1.08. The minimum Gasteiger partial charge on any atom is -0.363 e. The van der Waals surface area contributed by atoms with Crippen molar-refractivity contribution in [3.05, 3.63) is 28.4 Å². The van der Waals surface area contributed by atoms with E-state index in [-0.39, 0.29) is 18.6 Å². The molecule has 1 aromatic heterocycles. The zero-order valence-corrected chi connectivity index (χ0v) is 13.6. The van der Waals surface area contributed by atoms with Crippen molar-refractivity contribution in [3.8, 4) is 0 Å². The fourth-order valence-electron chi connectivity index (χ4n) is 3.75. The van der Waals surface area contributed by atoms with Gasteiger partial charge in [-0.05, 0) is 31.7 Å². The highest BCUT2D eigenvalue weighted by atomic mass is 32.5. The molecule has 2 N–H and O–H groups in total. The molecule has 1 aromatic rings. The van der Waals surface area contributed by atoms with E-state index in [0.717, 1.165) is 0 Å². The van der Waals surface area contributed by atoms with Gasteiger partial charge in [0.05, 0.1) is 12.5 Å². The molecule has 22 heavy (non-hydrogen) atoms. The first-order valence-corrected chi connectivity index (χ1v) is 9.42. The van der Waals surface area contributed by atoms with E-state index < -0.39 is 29.8 Å². The van der Waals surface area contributed by atoms with Crippen LogP contribution in [0.3, 0.4) is 0 Å². The Kier molecular flexibility index (Phi) is 2.87. The maximum Gasteiger partial charge on any atom is 0.349 e. The third-order valence-electron chi connectivity index (χ3n) is 4.86. The van der Waals surface area contributed by atoms with Crippen LogP contribution in [0.2, 0.25) is 0 Å².